The molecule has 1 heterocycles. The van der Waals surface area contributed by atoms with Crippen LogP contribution in [0.2, 0.25) is 0 Å². The van der Waals surface area contributed by atoms with Crippen LogP contribution in [0.15, 0.2) is 18.2 Å². The van der Waals surface area contributed by atoms with E-state index in [1.54, 1.807) is 0 Å². The second kappa shape index (κ2) is 4.82. The third-order valence-electron chi connectivity index (χ3n) is 4.35. The van der Waals surface area contributed by atoms with E-state index in [9.17, 15) is 13.2 Å². The Morgan fingerprint density at radius 3 is 2.53 bits per heavy atom. The van der Waals surface area contributed by atoms with Crippen molar-refractivity contribution in [2.75, 3.05) is 6.54 Å². The van der Waals surface area contributed by atoms with Crippen molar-refractivity contribution < 1.29 is 13.2 Å². The van der Waals surface area contributed by atoms with Crippen LogP contribution in [0.3, 0.4) is 0 Å². The van der Waals surface area contributed by atoms with Crippen LogP contribution in [0, 0.1) is 5.92 Å². The fraction of sp³-hybridized carbons (Fsp3) is 0.600. The average Bonchev–Trinajstić information content (AvgIpc) is 2.95. The Hall–Kier alpha value is -1.03. The lowest BCUT2D eigenvalue weighted by Gasteiger charge is -2.19. The maximum atomic E-state index is 13.0. The summed E-state index contributed by atoms with van der Waals surface area (Å²) in [5.74, 6) is 0.684. The van der Waals surface area contributed by atoms with Crippen LogP contribution < -0.4 is 0 Å². The SMILES string of the molecule is FC(F)(F)c1cccc2c1CN(CC1CCCC1)C2. The zero-order chi connectivity index (χ0) is 13.5. The monoisotopic (exact) mass is 269 g/mol. The molecule has 0 N–H and O–H groups in total. The standard InChI is InChI=1S/C15H18F3N/c16-15(17,18)14-7-3-6-12-9-19(10-13(12)14)8-11-4-1-2-5-11/h3,6-7,11H,1-2,4-5,8-10H2. The molecule has 0 saturated heterocycles. The Labute approximate surface area is 111 Å². The first-order valence-electron chi connectivity index (χ1n) is 6.94. The Kier molecular flexibility index (Phi) is 3.29. The normalized spacial score (nSPS) is 21.0. The molecule has 1 fully saturated rings. The molecule has 0 radical (unpaired) electrons. The lowest BCUT2D eigenvalue weighted by molar-refractivity contribution is -0.138. The van der Waals surface area contributed by atoms with Crippen molar-refractivity contribution in [1.82, 2.24) is 4.90 Å². The van der Waals surface area contributed by atoms with Gasteiger partial charge >= 0.3 is 6.18 Å². The highest BCUT2D eigenvalue weighted by Crippen LogP contribution is 2.37. The van der Waals surface area contributed by atoms with Crippen LogP contribution in [0.5, 0.6) is 0 Å². The van der Waals surface area contributed by atoms with Crippen molar-refractivity contribution in [3.63, 3.8) is 0 Å². The molecule has 19 heavy (non-hydrogen) atoms. The molecule has 1 aliphatic heterocycles. The lowest BCUT2D eigenvalue weighted by Crippen LogP contribution is -2.23. The van der Waals surface area contributed by atoms with E-state index in [-0.39, 0.29) is 0 Å². The molecule has 0 spiro atoms. The van der Waals surface area contributed by atoms with Crippen molar-refractivity contribution >= 4 is 0 Å². The summed E-state index contributed by atoms with van der Waals surface area (Å²) in [6, 6.07) is 4.57. The fourth-order valence-electron chi connectivity index (χ4n) is 3.44. The van der Waals surface area contributed by atoms with E-state index in [4.69, 9.17) is 0 Å². The van der Waals surface area contributed by atoms with Gasteiger partial charge in [0.1, 0.15) is 0 Å². The summed E-state index contributed by atoms with van der Waals surface area (Å²) >= 11 is 0. The summed E-state index contributed by atoms with van der Waals surface area (Å²) < 4.78 is 38.9. The first-order chi connectivity index (χ1) is 9.04. The minimum Gasteiger partial charge on any atom is -0.295 e. The molecule has 1 aliphatic carbocycles. The van der Waals surface area contributed by atoms with Gasteiger partial charge in [-0.3, -0.25) is 4.90 Å². The van der Waals surface area contributed by atoms with E-state index in [1.165, 1.54) is 37.8 Å². The van der Waals surface area contributed by atoms with Crippen LogP contribution >= 0.6 is 0 Å². The van der Waals surface area contributed by atoms with E-state index >= 15 is 0 Å². The highest BCUT2D eigenvalue weighted by atomic mass is 19.4. The minimum atomic E-state index is -4.23. The Bertz CT molecular complexity index is 461. The molecule has 0 atom stereocenters. The molecule has 0 bridgehead atoms. The molecule has 1 aromatic rings. The van der Waals surface area contributed by atoms with E-state index in [2.05, 4.69) is 4.90 Å². The van der Waals surface area contributed by atoms with Crippen LogP contribution in [0.25, 0.3) is 0 Å². The molecule has 104 valence electrons. The van der Waals surface area contributed by atoms with Crippen molar-refractivity contribution in [3.8, 4) is 0 Å². The number of halogens is 3. The lowest BCUT2D eigenvalue weighted by atomic mass is 10.0. The van der Waals surface area contributed by atoms with Gasteiger partial charge in [-0.2, -0.15) is 13.2 Å². The minimum absolute atomic E-state index is 0.445. The zero-order valence-corrected chi connectivity index (χ0v) is 10.8. The van der Waals surface area contributed by atoms with Gasteiger partial charge in [-0.15, -0.1) is 0 Å². The number of fused-ring (bicyclic) bond motifs is 1. The van der Waals surface area contributed by atoms with Crippen molar-refractivity contribution in [3.05, 3.63) is 34.9 Å². The van der Waals surface area contributed by atoms with Gasteiger partial charge in [0.2, 0.25) is 0 Å². The molecule has 0 amide bonds. The number of alkyl halides is 3. The van der Waals surface area contributed by atoms with Crippen molar-refractivity contribution in [2.45, 2.75) is 44.9 Å². The number of hydrogen-bond acceptors (Lipinski definition) is 1. The van der Waals surface area contributed by atoms with Gasteiger partial charge in [0.05, 0.1) is 5.56 Å². The summed E-state index contributed by atoms with van der Waals surface area (Å²) in [5.41, 5.74) is 0.903. The van der Waals surface area contributed by atoms with Gasteiger partial charge in [0.25, 0.3) is 0 Å². The van der Waals surface area contributed by atoms with E-state index in [0.717, 1.165) is 12.1 Å². The summed E-state index contributed by atoms with van der Waals surface area (Å²) in [4.78, 5) is 2.18. The number of benzene rings is 1. The van der Waals surface area contributed by atoms with E-state index in [0.29, 0.717) is 24.6 Å². The number of nitrogens with zero attached hydrogens (tertiary/aromatic N) is 1. The molecule has 2 aliphatic rings. The van der Waals surface area contributed by atoms with Crippen LogP contribution in [-0.4, -0.2) is 11.4 Å². The summed E-state index contributed by atoms with van der Waals surface area (Å²) in [5, 5.41) is 0. The van der Waals surface area contributed by atoms with Gasteiger partial charge in [-0.05, 0) is 36.0 Å². The highest BCUT2D eigenvalue weighted by Gasteiger charge is 2.36. The quantitative estimate of drug-likeness (QED) is 0.777. The maximum Gasteiger partial charge on any atom is 0.416 e. The predicted octanol–water partition coefficient (Wildman–Crippen LogP) is 4.21. The van der Waals surface area contributed by atoms with Gasteiger partial charge in [0, 0.05) is 19.6 Å². The molecule has 3 rings (SSSR count). The summed E-state index contributed by atoms with van der Waals surface area (Å²) in [7, 11) is 0. The number of hydrogen-bond donors (Lipinski definition) is 0. The molecule has 0 aromatic heterocycles. The first kappa shape index (κ1) is 13.0. The van der Waals surface area contributed by atoms with Gasteiger partial charge in [-0.25, -0.2) is 0 Å². The Morgan fingerprint density at radius 2 is 1.84 bits per heavy atom. The Morgan fingerprint density at radius 1 is 1.11 bits per heavy atom. The maximum absolute atomic E-state index is 13.0. The van der Waals surface area contributed by atoms with E-state index in [1.807, 2.05) is 6.07 Å². The molecule has 1 saturated carbocycles. The summed E-state index contributed by atoms with van der Waals surface area (Å²) in [6.07, 6.45) is 0.797. The van der Waals surface area contributed by atoms with Crippen LogP contribution in [-0.2, 0) is 19.3 Å². The van der Waals surface area contributed by atoms with Crippen molar-refractivity contribution in [2.24, 2.45) is 5.92 Å². The average molecular weight is 269 g/mol. The van der Waals surface area contributed by atoms with Crippen molar-refractivity contribution in [1.29, 1.82) is 0 Å². The van der Waals surface area contributed by atoms with Gasteiger partial charge in [-0.1, -0.05) is 25.0 Å². The second-order valence-electron chi connectivity index (χ2n) is 5.76. The third-order valence-corrected chi connectivity index (χ3v) is 4.35. The topological polar surface area (TPSA) is 3.24 Å². The third kappa shape index (κ3) is 2.64. The Balaban J connectivity index is 1.76. The van der Waals surface area contributed by atoms with Gasteiger partial charge < -0.3 is 0 Å². The zero-order valence-electron chi connectivity index (χ0n) is 10.8. The molecular formula is C15H18F3N. The summed E-state index contributed by atoms with van der Waals surface area (Å²) in [6.45, 7) is 2.09. The highest BCUT2D eigenvalue weighted by molar-refractivity contribution is 5.39. The first-order valence-corrected chi connectivity index (χ1v) is 6.94. The second-order valence-corrected chi connectivity index (χ2v) is 5.76. The van der Waals surface area contributed by atoms with Crippen LogP contribution in [0.4, 0.5) is 13.2 Å². The molecule has 0 unspecified atom stereocenters. The molecule has 1 aromatic carbocycles. The molecule has 1 nitrogen and oxygen atoms in total. The van der Waals surface area contributed by atoms with Gasteiger partial charge in [0.15, 0.2) is 0 Å². The predicted molar refractivity (Wildman–Crippen MR) is 67.5 cm³/mol. The number of rotatable bonds is 2. The smallest absolute Gasteiger partial charge is 0.295 e. The molecular weight excluding hydrogens is 251 g/mol. The van der Waals surface area contributed by atoms with Crippen LogP contribution in [0.1, 0.15) is 42.4 Å². The largest absolute Gasteiger partial charge is 0.416 e. The molecule has 4 heteroatoms. The van der Waals surface area contributed by atoms with E-state index < -0.39 is 11.7 Å². The fourth-order valence-corrected chi connectivity index (χ4v) is 3.44.